The molecule has 0 aromatic carbocycles. The van der Waals surface area contributed by atoms with Crippen LogP contribution in [0, 0.1) is 11.8 Å². The Hall–Kier alpha value is -1.33. The summed E-state index contributed by atoms with van der Waals surface area (Å²) >= 11 is 0. The Labute approximate surface area is 119 Å². The van der Waals surface area contributed by atoms with E-state index in [2.05, 4.69) is 4.90 Å². The van der Waals surface area contributed by atoms with Crippen molar-refractivity contribution in [1.82, 2.24) is 9.47 Å². The first-order valence-corrected chi connectivity index (χ1v) is 7.50. The van der Waals surface area contributed by atoms with Gasteiger partial charge in [-0.3, -0.25) is 4.79 Å². The third-order valence-corrected chi connectivity index (χ3v) is 4.77. The van der Waals surface area contributed by atoms with Gasteiger partial charge in [-0.1, -0.05) is 0 Å². The number of nitrogens with two attached hydrogens (primary N) is 1. The molecule has 1 aliphatic heterocycles. The monoisotopic (exact) mass is 277 g/mol. The number of likely N-dealkylation sites (tertiary alicyclic amines) is 1. The van der Waals surface area contributed by atoms with E-state index >= 15 is 0 Å². The van der Waals surface area contributed by atoms with E-state index in [9.17, 15) is 9.90 Å². The summed E-state index contributed by atoms with van der Waals surface area (Å²) in [5.74, 6) is 1.16. The van der Waals surface area contributed by atoms with Crippen LogP contribution < -0.4 is 11.3 Å². The summed E-state index contributed by atoms with van der Waals surface area (Å²) in [5, 5.41) is 9.90. The number of aryl methyl sites for hydroxylation is 1. The van der Waals surface area contributed by atoms with E-state index in [1.165, 1.54) is 6.07 Å². The van der Waals surface area contributed by atoms with Gasteiger partial charge in [-0.05, 0) is 37.8 Å². The molecule has 1 aliphatic carbocycles. The fourth-order valence-corrected chi connectivity index (χ4v) is 3.70. The summed E-state index contributed by atoms with van der Waals surface area (Å²) in [7, 11) is 0. The van der Waals surface area contributed by atoms with E-state index in [1.54, 1.807) is 16.8 Å². The number of pyridine rings is 1. The first-order chi connectivity index (χ1) is 9.63. The van der Waals surface area contributed by atoms with Crippen molar-refractivity contribution in [1.29, 1.82) is 0 Å². The summed E-state index contributed by atoms with van der Waals surface area (Å²) in [6, 6.07) is 3.16. The SMILES string of the molecule is Nc1ccc(=O)n(CCCN2CC3CCC(O)C3C2)c1. The Morgan fingerprint density at radius 3 is 2.90 bits per heavy atom. The maximum Gasteiger partial charge on any atom is 0.250 e. The molecule has 0 bridgehead atoms. The minimum Gasteiger partial charge on any atom is -0.398 e. The molecular formula is C15H23N3O2. The number of nitrogen functional groups attached to an aromatic ring is 1. The molecule has 110 valence electrons. The van der Waals surface area contributed by atoms with Gasteiger partial charge in [0.2, 0.25) is 0 Å². The largest absolute Gasteiger partial charge is 0.398 e. The normalized spacial score (nSPS) is 29.8. The summed E-state index contributed by atoms with van der Waals surface area (Å²) in [5.41, 5.74) is 6.34. The molecule has 3 unspecified atom stereocenters. The minimum absolute atomic E-state index is 0.00733. The number of aromatic nitrogens is 1. The number of nitrogens with zero attached hydrogens (tertiary/aromatic N) is 2. The Morgan fingerprint density at radius 2 is 2.10 bits per heavy atom. The molecule has 5 heteroatoms. The number of hydrogen-bond acceptors (Lipinski definition) is 4. The van der Waals surface area contributed by atoms with Crippen LogP contribution in [0.4, 0.5) is 5.69 Å². The molecule has 1 aromatic heterocycles. The first kappa shape index (κ1) is 13.6. The summed E-state index contributed by atoms with van der Waals surface area (Å²) in [4.78, 5) is 14.1. The lowest BCUT2D eigenvalue weighted by atomic mass is 10.00. The van der Waals surface area contributed by atoms with Crippen LogP contribution >= 0.6 is 0 Å². The Bertz CT molecular complexity index is 528. The van der Waals surface area contributed by atoms with Crippen LogP contribution in [0.25, 0.3) is 0 Å². The highest BCUT2D eigenvalue weighted by atomic mass is 16.3. The fraction of sp³-hybridized carbons (Fsp3) is 0.667. The van der Waals surface area contributed by atoms with Gasteiger partial charge in [0, 0.05) is 43.5 Å². The Kier molecular flexibility index (Phi) is 3.81. The Morgan fingerprint density at radius 1 is 1.25 bits per heavy atom. The van der Waals surface area contributed by atoms with Gasteiger partial charge in [0.25, 0.3) is 5.56 Å². The number of aliphatic hydroxyl groups excluding tert-OH is 1. The van der Waals surface area contributed by atoms with Gasteiger partial charge in [0.15, 0.2) is 0 Å². The molecular weight excluding hydrogens is 254 g/mol. The predicted octanol–water partition coefficient (Wildman–Crippen LogP) is 0.523. The van der Waals surface area contributed by atoms with Crippen LogP contribution in [-0.4, -0.2) is 40.3 Å². The van der Waals surface area contributed by atoms with Crippen molar-refractivity contribution < 1.29 is 5.11 Å². The maximum absolute atomic E-state index is 11.7. The molecule has 0 radical (unpaired) electrons. The van der Waals surface area contributed by atoms with E-state index in [1.807, 2.05) is 0 Å². The van der Waals surface area contributed by atoms with E-state index in [-0.39, 0.29) is 11.7 Å². The molecule has 3 atom stereocenters. The number of aliphatic hydroxyl groups is 1. The van der Waals surface area contributed by atoms with E-state index in [0.717, 1.165) is 38.9 Å². The van der Waals surface area contributed by atoms with Crippen molar-refractivity contribution in [2.45, 2.75) is 31.9 Å². The molecule has 2 aliphatic rings. The zero-order chi connectivity index (χ0) is 14.1. The zero-order valence-electron chi connectivity index (χ0n) is 11.7. The number of rotatable bonds is 4. The summed E-state index contributed by atoms with van der Waals surface area (Å²) in [6.07, 6.45) is 4.70. The second kappa shape index (κ2) is 5.58. The van der Waals surface area contributed by atoms with Gasteiger partial charge in [-0.15, -0.1) is 0 Å². The highest BCUT2D eigenvalue weighted by Crippen LogP contribution is 2.37. The van der Waals surface area contributed by atoms with Crippen molar-refractivity contribution in [2.75, 3.05) is 25.4 Å². The van der Waals surface area contributed by atoms with Crippen LogP contribution in [0.2, 0.25) is 0 Å². The third kappa shape index (κ3) is 2.74. The van der Waals surface area contributed by atoms with Gasteiger partial charge in [0.1, 0.15) is 0 Å². The van der Waals surface area contributed by atoms with Crippen molar-refractivity contribution in [3.63, 3.8) is 0 Å². The predicted molar refractivity (Wildman–Crippen MR) is 78.4 cm³/mol. The zero-order valence-corrected chi connectivity index (χ0v) is 11.7. The van der Waals surface area contributed by atoms with Crippen LogP contribution in [0.1, 0.15) is 19.3 Å². The second-order valence-electron chi connectivity index (χ2n) is 6.18. The van der Waals surface area contributed by atoms with Crippen molar-refractivity contribution >= 4 is 5.69 Å². The second-order valence-corrected chi connectivity index (χ2v) is 6.18. The quantitative estimate of drug-likeness (QED) is 0.842. The number of hydrogen-bond donors (Lipinski definition) is 2. The van der Waals surface area contributed by atoms with Crippen LogP contribution in [0.3, 0.4) is 0 Å². The van der Waals surface area contributed by atoms with Crippen LogP contribution in [0.15, 0.2) is 23.1 Å². The molecule has 1 saturated heterocycles. The summed E-state index contributed by atoms with van der Waals surface area (Å²) < 4.78 is 1.68. The fourth-order valence-electron chi connectivity index (χ4n) is 3.70. The van der Waals surface area contributed by atoms with Gasteiger partial charge in [0.05, 0.1) is 6.10 Å². The molecule has 1 saturated carbocycles. The maximum atomic E-state index is 11.7. The van der Waals surface area contributed by atoms with E-state index in [0.29, 0.717) is 24.1 Å². The van der Waals surface area contributed by atoms with Crippen molar-refractivity contribution in [3.05, 3.63) is 28.7 Å². The van der Waals surface area contributed by atoms with Crippen molar-refractivity contribution in [3.8, 4) is 0 Å². The highest BCUT2D eigenvalue weighted by molar-refractivity contribution is 5.33. The lowest BCUT2D eigenvalue weighted by Crippen LogP contribution is -2.27. The van der Waals surface area contributed by atoms with Gasteiger partial charge in [-0.2, -0.15) is 0 Å². The average molecular weight is 277 g/mol. The number of fused-ring (bicyclic) bond motifs is 1. The topological polar surface area (TPSA) is 71.5 Å². The Balaban J connectivity index is 1.49. The molecule has 5 nitrogen and oxygen atoms in total. The lowest BCUT2D eigenvalue weighted by molar-refractivity contribution is 0.124. The molecule has 1 aromatic rings. The molecule has 3 N–H and O–H groups in total. The molecule has 20 heavy (non-hydrogen) atoms. The molecule has 2 heterocycles. The van der Waals surface area contributed by atoms with E-state index in [4.69, 9.17) is 5.73 Å². The van der Waals surface area contributed by atoms with Gasteiger partial charge >= 0.3 is 0 Å². The van der Waals surface area contributed by atoms with Gasteiger partial charge in [-0.25, -0.2) is 0 Å². The molecule has 0 amide bonds. The summed E-state index contributed by atoms with van der Waals surface area (Å²) in [6.45, 7) is 3.81. The minimum atomic E-state index is -0.0958. The van der Waals surface area contributed by atoms with E-state index < -0.39 is 0 Å². The van der Waals surface area contributed by atoms with Crippen LogP contribution in [-0.2, 0) is 6.54 Å². The number of anilines is 1. The van der Waals surface area contributed by atoms with Gasteiger partial charge < -0.3 is 20.3 Å². The molecule has 3 rings (SSSR count). The van der Waals surface area contributed by atoms with Crippen LogP contribution in [0.5, 0.6) is 0 Å². The molecule has 2 fully saturated rings. The smallest absolute Gasteiger partial charge is 0.250 e. The third-order valence-electron chi connectivity index (χ3n) is 4.77. The average Bonchev–Trinajstić information content (AvgIpc) is 2.96. The standard InChI is InChI=1S/C15H23N3O2/c16-12-3-5-15(20)18(9-12)7-1-6-17-8-11-2-4-14(19)13(11)10-17/h3,5,9,11,13-14,19H,1-2,4,6-8,10,16H2. The molecule has 0 spiro atoms. The first-order valence-electron chi connectivity index (χ1n) is 7.50. The van der Waals surface area contributed by atoms with Crippen molar-refractivity contribution in [2.24, 2.45) is 11.8 Å². The lowest BCUT2D eigenvalue weighted by Gasteiger charge is -2.18. The highest BCUT2D eigenvalue weighted by Gasteiger charge is 2.41.